The summed E-state index contributed by atoms with van der Waals surface area (Å²) in [4.78, 5) is 2.73. The van der Waals surface area contributed by atoms with E-state index in [1.165, 1.54) is 0 Å². The van der Waals surface area contributed by atoms with Crippen LogP contribution in [-0.4, -0.2) is 24.8 Å². The minimum absolute atomic E-state index is 0.0100. The molecule has 3 N–H and O–H groups in total. The predicted octanol–water partition coefficient (Wildman–Crippen LogP) is 0.879. The monoisotopic (exact) mass is 198 g/mol. The molecule has 0 amide bonds. The van der Waals surface area contributed by atoms with Gasteiger partial charge < -0.3 is 5.32 Å². The second kappa shape index (κ2) is 5.17. The lowest BCUT2D eigenvalue weighted by Crippen LogP contribution is -2.30. The molecule has 0 unspecified atom stereocenters. The van der Waals surface area contributed by atoms with E-state index >= 15 is 0 Å². The van der Waals surface area contributed by atoms with Gasteiger partial charge in [-0.15, -0.1) is 0 Å². The standard InChI is InChI=1S/C8H18N6/c1-7(2)10-5-3-8(12-13-8)4-6-11-14-9/h7,10,12-13H,3-6H2,1-2H3. The van der Waals surface area contributed by atoms with Gasteiger partial charge >= 0.3 is 0 Å². The van der Waals surface area contributed by atoms with Gasteiger partial charge in [-0.3, -0.25) is 0 Å². The number of hydrogen-bond donors (Lipinski definition) is 3. The van der Waals surface area contributed by atoms with Gasteiger partial charge in [-0.1, -0.05) is 19.0 Å². The maximum atomic E-state index is 8.14. The molecule has 1 heterocycles. The Labute approximate surface area is 84.0 Å². The number of azide groups is 1. The normalized spacial score (nSPS) is 17.9. The topological polar surface area (TPSA) is 105 Å². The van der Waals surface area contributed by atoms with Crippen LogP contribution in [-0.2, 0) is 0 Å². The molecule has 0 bridgehead atoms. The molecule has 0 aromatic rings. The molecule has 1 aliphatic rings. The fraction of sp³-hybridized carbons (Fsp3) is 1.00. The molecule has 14 heavy (non-hydrogen) atoms. The molecule has 0 aromatic carbocycles. The molecule has 0 aromatic heterocycles. The Hall–Kier alpha value is -0.810. The van der Waals surface area contributed by atoms with Crippen LogP contribution in [0.1, 0.15) is 26.7 Å². The van der Waals surface area contributed by atoms with Crippen molar-refractivity contribution in [3.63, 3.8) is 0 Å². The highest BCUT2D eigenvalue weighted by Crippen LogP contribution is 2.19. The zero-order valence-corrected chi connectivity index (χ0v) is 8.75. The fourth-order valence-corrected chi connectivity index (χ4v) is 1.32. The van der Waals surface area contributed by atoms with Gasteiger partial charge in [0, 0.05) is 17.5 Å². The highest BCUT2D eigenvalue weighted by Gasteiger charge is 2.39. The fourth-order valence-electron chi connectivity index (χ4n) is 1.32. The molecule has 1 aliphatic heterocycles. The van der Waals surface area contributed by atoms with E-state index in [0.717, 1.165) is 19.4 Å². The van der Waals surface area contributed by atoms with Crippen molar-refractivity contribution in [2.24, 2.45) is 5.11 Å². The van der Waals surface area contributed by atoms with Gasteiger partial charge in [0.05, 0.1) is 5.66 Å². The van der Waals surface area contributed by atoms with Crippen LogP contribution < -0.4 is 16.2 Å². The molecule has 0 atom stereocenters. The average Bonchev–Trinajstić information content (AvgIpc) is 2.85. The Morgan fingerprint density at radius 3 is 2.64 bits per heavy atom. The number of hydrazine groups is 1. The molecule has 1 rings (SSSR count). The summed E-state index contributed by atoms with van der Waals surface area (Å²) < 4.78 is 0. The smallest absolute Gasteiger partial charge is 0.0956 e. The molecule has 6 heteroatoms. The van der Waals surface area contributed by atoms with Crippen molar-refractivity contribution in [3.05, 3.63) is 10.4 Å². The second-order valence-corrected chi connectivity index (χ2v) is 3.90. The van der Waals surface area contributed by atoms with Crippen molar-refractivity contribution in [3.8, 4) is 0 Å². The first kappa shape index (κ1) is 11.3. The van der Waals surface area contributed by atoms with Crippen molar-refractivity contribution < 1.29 is 0 Å². The van der Waals surface area contributed by atoms with Crippen molar-refractivity contribution in [1.29, 1.82) is 0 Å². The molecule has 0 saturated carbocycles. The van der Waals surface area contributed by atoms with Crippen molar-refractivity contribution >= 4 is 0 Å². The van der Waals surface area contributed by atoms with Crippen LogP contribution in [0.5, 0.6) is 0 Å². The van der Waals surface area contributed by atoms with E-state index in [9.17, 15) is 0 Å². The summed E-state index contributed by atoms with van der Waals surface area (Å²) in [6.45, 7) is 5.76. The summed E-state index contributed by atoms with van der Waals surface area (Å²) in [5, 5.41) is 6.87. The largest absolute Gasteiger partial charge is 0.314 e. The average molecular weight is 198 g/mol. The number of hydrogen-bond acceptors (Lipinski definition) is 4. The lowest BCUT2D eigenvalue weighted by Gasteiger charge is -2.12. The third-order valence-electron chi connectivity index (χ3n) is 2.28. The van der Waals surface area contributed by atoms with Crippen LogP contribution in [0, 0.1) is 0 Å². The predicted molar refractivity (Wildman–Crippen MR) is 55.4 cm³/mol. The molecule has 0 spiro atoms. The van der Waals surface area contributed by atoms with E-state index in [2.05, 4.69) is 40.0 Å². The Morgan fingerprint density at radius 2 is 2.14 bits per heavy atom. The lowest BCUT2D eigenvalue weighted by molar-refractivity contribution is 0.471. The molecular weight excluding hydrogens is 180 g/mol. The van der Waals surface area contributed by atoms with E-state index in [1.807, 2.05) is 0 Å². The summed E-state index contributed by atoms with van der Waals surface area (Å²) in [6, 6.07) is 0.517. The highest BCUT2D eigenvalue weighted by molar-refractivity contribution is 4.95. The van der Waals surface area contributed by atoms with Gasteiger partial charge in [0.2, 0.25) is 0 Å². The van der Waals surface area contributed by atoms with E-state index in [4.69, 9.17) is 5.53 Å². The van der Waals surface area contributed by atoms with Gasteiger partial charge in [-0.25, -0.2) is 10.9 Å². The quantitative estimate of drug-likeness (QED) is 0.245. The van der Waals surface area contributed by atoms with Gasteiger partial charge in [0.1, 0.15) is 0 Å². The van der Waals surface area contributed by atoms with Gasteiger partial charge in [0.25, 0.3) is 0 Å². The van der Waals surface area contributed by atoms with Gasteiger partial charge in [-0.2, -0.15) is 0 Å². The van der Waals surface area contributed by atoms with Gasteiger partial charge in [-0.05, 0) is 24.9 Å². The van der Waals surface area contributed by atoms with Crippen LogP contribution in [0.15, 0.2) is 5.11 Å². The van der Waals surface area contributed by atoms with Crippen molar-refractivity contribution in [2.75, 3.05) is 13.1 Å². The summed E-state index contributed by atoms with van der Waals surface area (Å²) >= 11 is 0. The second-order valence-electron chi connectivity index (χ2n) is 3.90. The van der Waals surface area contributed by atoms with Crippen molar-refractivity contribution in [2.45, 2.75) is 38.4 Å². The molecule has 80 valence electrons. The maximum absolute atomic E-state index is 8.14. The third kappa shape index (κ3) is 3.93. The number of nitrogens with one attached hydrogen (secondary N) is 3. The molecule has 0 aliphatic carbocycles. The first-order valence-corrected chi connectivity index (χ1v) is 4.97. The minimum atomic E-state index is 0.0100. The molecule has 1 saturated heterocycles. The van der Waals surface area contributed by atoms with E-state index in [1.54, 1.807) is 0 Å². The van der Waals surface area contributed by atoms with E-state index in [-0.39, 0.29) is 5.66 Å². The highest BCUT2D eigenvalue weighted by atomic mass is 15.7. The molecule has 0 radical (unpaired) electrons. The Kier molecular flexibility index (Phi) is 4.16. The summed E-state index contributed by atoms with van der Waals surface area (Å²) in [7, 11) is 0. The first-order valence-electron chi connectivity index (χ1n) is 4.97. The Bertz CT molecular complexity index is 216. The van der Waals surface area contributed by atoms with Crippen LogP contribution in [0.3, 0.4) is 0 Å². The molecule has 1 fully saturated rings. The summed E-state index contributed by atoms with van der Waals surface area (Å²) in [6.07, 6.45) is 1.85. The van der Waals surface area contributed by atoms with Crippen LogP contribution in [0.2, 0.25) is 0 Å². The zero-order chi connectivity index (χ0) is 10.4. The van der Waals surface area contributed by atoms with Crippen LogP contribution in [0.4, 0.5) is 0 Å². The first-order chi connectivity index (χ1) is 6.68. The van der Waals surface area contributed by atoms with Crippen LogP contribution >= 0.6 is 0 Å². The summed E-state index contributed by atoms with van der Waals surface area (Å²) in [5.41, 5.74) is 14.4. The Balaban J connectivity index is 2.12. The number of rotatable bonds is 7. The maximum Gasteiger partial charge on any atom is 0.0956 e. The SMILES string of the molecule is CC(C)NCCC1(CCN=[N+]=[N-])NN1. The Morgan fingerprint density at radius 1 is 1.43 bits per heavy atom. The molecule has 6 nitrogen and oxygen atoms in total. The van der Waals surface area contributed by atoms with Crippen molar-refractivity contribution in [1.82, 2.24) is 16.2 Å². The van der Waals surface area contributed by atoms with E-state index < -0.39 is 0 Å². The third-order valence-corrected chi connectivity index (χ3v) is 2.28. The number of nitrogens with zero attached hydrogens (tertiary/aromatic N) is 3. The lowest BCUT2D eigenvalue weighted by atomic mass is 10.1. The minimum Gasteiger partial charge on any atom is -0.314 e. The van der Waals surface area contributed by atoms with E-state index in [0.29, 0.717) is 12.6 Å². The molecular formula is C8H18N6. The summed E-state index contributed by atoms with van der Waals surface area (Å²) in [5.74, 6) is 0. The zero-order valence-electron chi connectivity index (χ0n) is 8.75. The van der Waals surface area contributed by atoms with Gasteiger partial charge in [0.15, 0.2) is 0 Å². The van der Waals surface area contributed by atoms with Crippen LogP contribution in [0.25, 0.3) is 10.4 Å².